The molecule has 3 aromatic rings. The number of benzene rings is 2. The fraction of sp³-hybridized carbons (Fsp3) is 0.406. The van der Waals surface area contributed by atoms with Crippen molar-refractivity contribution in [2.24, 2.45) is 0 Å². The Morgan fingerprint density at radius 3 is 2.21 bits per heavy atom. The van der Waals surface area contributed by atoms with Crippen LogP contribution in [-0.2, 0) is 17.6 Å². The van der Waals surface area contributed by atoms with Gasteiger partial charge in [-0.1, -0.05) is 36.4 Å². The zero-order chi connectivity index (χ0) is 27.5. The third kappa shape index (κ3) is 6.30. The Bertz CT molecular complexity index is 1270. The molecule has 2 aromatic carbocycles. The number of hydrogen-bond donors (Lipinski definition) is 1. The lowest BCUT2D eigenvalue weighted by Crippen LogP contribution is -2.52. The summed E-state index contributed by atoms with van der Waals surface area (Å²) in [6.45, 7) is 14.8. The summed E-state index contributed by atoms with van der Waals surface area (Å²) in [5.41, 5.74) is 4.01. The van der Waals surface area contributed by atoms with Crippen LogP contribution in [-0.4, -0.2) is 39.3 Å². The molecule has 0 radical (unpaired) electrons. The molecular weight excluding hydrogens is 472 g/mol. The van der Waals surface area contributed by atoms with E-state index in [9.17, 15) is 9.59 Å². The molecule has 1 aliphatic heterocycles. The number of unbranched alkanes of at least 4 members (excludes halogenated alkanes) is 1. The van der Waals surface area contributed by atoms with Crippen LogP contribution in [0.1, 0.15) is 75.9 Å². The van der Waals surface area contributed by atoms with Crippen molar-refractivity contribution in [2.45, 2.75) is 78.3 Å². The third-order valence-corrected chi connectivity index (χ3v) is 6.98. The van der Waals surface area contributed by atoms with Gasteiger partial charge in [0.1, 0.15) is 0 Å². The molecule has 0 aliphatic carbocycles. The van der Waals surface area contributed by atoms with E-state index in [-0.39, 0.29) is 29.3 Å². The van der Waals surface area contributed by atoms with Gasteiger partial charge < -0.3 is 5.32 Å². The largest absolute Gasteiger partial charge is 0.319 e. The lowest BCUT2D eigenvalue weighted by molar-refractivity contribution is -0.117. The molecule has 2 heterocycles. The van der Waals surface area contributed by atoms with E-state index in [1.54, 1.807) is 41.4 Å². The highest BCUT2D eigenvalue weighted by Gasteiger charge is 2.31. The molecule has 0 fully saturated rings. The van der Waals surface area contributed by atoms with Crippen molar-refractivity contribution < 1.29 is 9.59 Å². The second-order valence-corrected chi connectivity index (χ2v) is 12.0. The molecule has 1 N–H and O–H groups in total. The van der Waals surface area contributed by atoms with Crippen molar-refractivity contribution >= 4 is 29.0 Å². The van der Waals surface area contributed by atoms with Crippen LogP contribution in [0, 0.1) is 0 Å². The van der Waals surface area contributed by atoms with Gasteiger partial charge in [0, 0.05) is 17.3 Å². The molecule has 0 saturated heterocycles. The first kappa shape index (κ1) is 27.5. The van der Waals surface area contributed by atoms with Crippen LogP contribution in [0.2, 0.25) is 0 Å². The minimum absolute atomic E-state index is 0.133. The Hall–Kier alpha value is -3.51. The minimum atomic E-state index is -0.248. The van der Waals surface area contributed by atoms with E-state index < -0.39 is 0 Å². The normalized spacial score (nSPS) is 13.6. The number of pyridine rings is 1. The number of aromatic nitrogens is 1. The predicted molar refractivity (Wildman–Crippen MR) is 155 cm³/mol. The van der Waals surface area contributed by atoms with Gasteiger partial charge in [0.25, 0.3) is 5.91 Å². The van der Waals surface area contributed by atoms with Gasteiger partial charge in [0.05, 0.1) is 23.4 Å². The van der Waals surface area contributed by atoms with Crippen molar-refractivity contribution in [1.82, 2.24) is 9.88 Å². The van der Waals surface area contributed by atoms with Crippen molar-refractivity contribution in [3.05, 3.63) is 83.6 Å². The van der Waals surface area contributed by atoms with Crippen molar-refractivity contribution in [1.29, 1.82) is 0 Å². The van der Waals surface area contributed by atoms with Crippen LogP contribution in [0.15, 0.2) is 66.9 Å². The first-order valence-corrected chi connectivity index (χ1v) is 13.5. The van der Waals surface area contributed by atoms with Gasteiger partial charge in [0.2, 0.25) is 5.91 Å². The summed E-state index contributed by atoms with van der Waals surface area (Å²) in [6, 6.07) is 19.0. The molecule has 0 bridgehead atoms. The van der Waals surface area contributed by atoms with Gasteiger partial charge in [0.15, 0.2) is 5.82 Å². The molecule has 1 aromatic heterocycles. The number of rotatable bonds is 7. The number of carbonyl (C=O) groups is 2. The fourth-order valence-electron chi connectivity index (χ4n) is 5.44. The highest BCUT2D eigenvalue weighted by atomic mass is 16.2. The minimum Gasteiger partial charge on any atom is -0.319 e. The van der Waals surface area contributed by atoms with Crippen LogP contribution >= 0.6 is 0 Å². The molecule has 6 nitrogen and oxygen atoms in total. The summed E-state index contributed by atoms with van der Waals surface area (Å²) in [7, 11) is 0. The van der Waals surface area contributed by atoms with Crippen LogP contribution < -0.4 is 10.2 Å². The smallest absolute Gasteiger partial charge is 0.257 e. The first-order valence-electron chi connectivity index (χ1n) is 13.5. The molecule has 4 rings (SSSR count). The molecule has 0 spiro atoms. The number of anilines is 3. The Labute approximate surface area is 227 Å². The number of fused-ring (bicyclic) bond motifs is 2. The maximum atomic E-state index is 13.6. The Morgan fingerprint density at radius 1 is 0.868 bits per heavy atom. The molecular formula is C32H40N4O2. The average molecular weight is 513 g/mol. The van der Waals surface area contributed by atoms with E-state index in [1.165, 1.54) is 5.56 Å². The van der Waals surface area contributed by atoms with Gasteiger partial charge in [-0.05, 0) is 103 Å². The van der Waals surface area contributed by atoms with Gasteiger partial charge in [-0.2, -0.15) is 0 Å². The van der Waals surface area contributed by atoms with E-state index in [1.807, 2.05) is 18.2 Å². The zero-order valence-electron chi connectivity index (χ0n) is 23.5. The average Bonchev–Trinajstić information content (AvgIpc) is 2.97. The fourth-order valence-corrected chi connectivity index (χ4v) is 5.44. The number of para-hydroxylation sites is 1. The summed E-state index contributed by atoms with van der Waals surface area (Å²) in [5.74, 6) is 0.0562. The Balaban J connectivity index is 1.42. The number of carbonyl (C=O) groups excluding carboxylic acids is 2. The molecule has 0 atom stereocenters. The number of nitrogens with one attached hydrogen (secondary N) is 1. The van der Waals surface area contributed by atoms with E-state index in [4.69, 9.17) is 0 Å². The van der Waals surface area contributed by atoms with Gasteiger partial charge in [-0.15, -0.1) is 0 Å². The number of amides is 2. The van der Waals surface area contributed by atoms with E-state index >= 15 is 0 Å². The van der Waals surface area contributed by atoms with Crippen LogP contribution in [0.3, 0.4) is 0 Å². The quantitative estimate of drug-likeness (QED) is 0.355. The second-order valence-electron chi connectivity index (χ2n) is 12.0. The summed E-state index contributed by atoms with van der Waals surface area (Å²) >= 11 is 0. The molecule has 1 aliphatic rings. The van der Waals surface area contributed by atoms with Crippen LogP contribution in [0.5, 0.6) is 0 Å². The standard InChI is InChI=1S/C32H40N4O2/c1-31(2,3)35(32(4,5)6)21-10-9-12-23-16-18-24(19-17-23)22-28(37)36-27-15-8-7-13-25(27)30(38)34-26-14-11-20-33-29(26)36/h7-8,11,13-20H,9-10,12,21-22H2,1-6H3,(H,34,38). The molecule has 6 heteroatoms. The Kier molecular flexibility index (Phi) is 8.02. The van der Waals surface area contributed by atoms with Gasteiger partial charge in [-0.25, -0.2) is 4.98 Å². The lowest BCUT2D eigenvalue weighted by Gasteiger charge is -2.45. The lowest BCUT2D eigenvalue weighted by atomic mass is 9.95. The second kappa shape index (κ2) is 11.1. The zero-order valence-corrected chi connectivity index (χ0v) is 23.5. The number of aryl methyl sites for hydroxylation is 1. The molecule has 200 valence electrons. The van der Waals surface area contributed by atoms with Crippen LogP contribution in [0.25, 0.3) is 0 Å². The van der Waals surface area contributed by atoms with Crippen molar-refractivity contribution in [3.63, 3.8) is 0 Å². The summed E-state index contributed by atoms with van der Waals surface area (Å²) in [6.07, 6.45) is 5.12. The molecule has 2 amide bonds. The summed E-state index contributed by atoms with van der Waals surface area (Å²) < 4.78 is 0. The van der Waals surface area contributed by atoms with Crippen molar-refractivity contribution in [2.75, 3.05) is 16.8 Å². The summed E-state index contributed by atoms with van der Waals surface area (Å²) in [4.78, 5) is 35.0. The van der Waals surface area contributed by atoms with Gasteiger partial charge >= 0.3 is 0 Å². The van der Waals surface area contributed by atoms with Gasteiger partial charge in [-0.3, -0.25) is 19.4 Å². The highest BCUT2D eigenvalue weighted by Crippen LogP contribution is 2.36. The number of nitrogens with zero attached hydrogens (tertiary/aromatic N) is 3. The monoisotopic (exact) mass is 512 g/mol. The molecule has 0 unspecified atom stereocenters. The Morgan fingerprint density at radius 2 is 1.53 bits per heavy atom. The highest BCUT2D eigenvalue weighted by molar-refractivity contribution is 6.17. The molecule has 0 saturated carbocycles. The third-order valence-electron chi connectivity index (χ3n) is 6.98. The topological polar surface area (TPSA) is 65.5 Å². The SMILES string of the molecule is CC(C)(C)N(CCCCc1ccc(CC(=O)N2c3ccccc3C(=O)Nc3cccnc32)cc1)C(C)(C)C. The molecule has 38 heavy (non-hydrogen) atoms. The predicted octanol–water partition coefficient (Wildman–Crippen LogP) is 6.78. The van der Waals surface area contributed by atoms with E-state index in [0.29, 0.717) is 22.8 Å². The van der Waals surface area contributed by atoms with E-state index in [0.717, 1.165) is 31.4 Å². The van der Waals surface area contributed by atoms with Crippen molar-refractivity contribution in [3.8, 4) is 0 Å². The summed E-state index contributed by atoms with van der Waals surface area (Å²) in [5, 5.41) is 2.88. The first-order chi connectivity index (χ1) is 17.9. The van der Waals surface area contributed by atoms with E-state index in [2.05, 4.69) is 68.9 Å². The maximum Gasteiger partial charge on any atom is 0.257 e. The van der Waals surface area contributed by atoms with Crippen LogP contribution in [0.4, 0.5) is 17.2 Å². The number of hydrogen-bond acceptors (Lipinski definition) is 4. The maximum absolute atomic E-state index is 13.6.